The normalized spacial score (nSPS) is 13.7. The quantitative estimate of drug-likeness (QED) is 0.371. The third-order valence-corrected chi connectivity index (χ3v) is 5.61. The van der Waals surface area contributed by atoms with Crippen molar-refractivity contribution in [3.63, 3.8) is 0 Å². The lowest BCUT2D eigenvalue weighted by atomic mass is 9.92. The number of ether oxygens (including phenoxy) is 3. The lowest BCUT2D eigenvalue weighted by Crippen LogP contribution is -2.26. The zero-order chi connectivity index (χ0) is 24.7. The number of aromatic nitrogens is 1. The summed E-state index contributed by atoms with van der Waals surface area (Å²) in [7, 11) is 1.41. The first kappa shape index (κ1) is 26.0. The largest absolute Gasteiger partial charge is 0.493 e. The molecule has 0 aliphatic heterocycles. The van der Waals surface area contributed by atoms with E-state index in [9.17, 15) is 14.4 Å². The minimum atomic E-state index is -0.703. The Labute approximate surface area is 195 Å². The SMILES string of the molecule is COc1ccnc(C(=O)C[C@@H](C)C(=O)O[C@H](C)[C@@H](C)c2ccccc2C)c1OC(=O)C(C)C. The summed E-state index contributed by atoms with van der Waals surface area (Å²) in [6, 6.07) is 9.47. The smallest absolute Gasteiger partial charge is 0.313 e. The van der Waals surface area contributed by atoms with Crippen molar-refractivity contribution >= 4 is 17.7 Å². The highest BCUT2D eigenvalue weighted by Crippen LogP contribution is 2.32. The summed E-state index contributed by atoms with van der Waals surface area (Å²) >= 11 is 0. The second-order valence-electron chi connectivity index (χ2n) is 8.58. The van der Waals surface area contributed by atoms with Gasteiger partial charge in [0.15, 0.2) is 17.2 Å². The monoisotopic (exact) mass is 455 g/mol. The number of pyridine rings is 1. The predicted octanol–water partition coefficient (Wildman–Crippen LogP) is 4.90. The Balaban J connectivity index is 2.11. The maximum absolute atomic E-state index is 13.0. The summed E-state index contributed by atoms with van der Waals surface area (Å²) in [4.78, 5) is 41.9. The minimum absolute atomic E-state index is 0.000140. The number of rotatable bonds is 10. The standard InChI is InChI=1S/C26H33NO6/c1-15(2)25(29)33-24-22(31-7)12-13-27-23(24)21(28)14-17(4)26(30)32-19(6)18(5)20-11-9-8-10-16(20)3/h8-13,15,17-19H,14H2,1-7H3/t17-,18-,19-/m1/s1. The van der Waals surface area contributed by atoms with Gasteiger partial charge in [-0.25, -0.2) is 4.98 Å². The fraction of sp³-hybridized carbons (Fsp3) is 0.462. The van der Waals surface area contributed by atoms with Crippen molar-refractivity contribution in [3.05, 3.63) is 53.3 Å². The van der Waals surface area contributed by atoms with Crippen LogP contribution in [0.4, 0.5) is 0 Å². The van der Waals surface area contributed by atoms with E-state index in [0.29, 0.717) is 0 Å². The molecule has 0 saturated carbocycles. The second-order valence-corrected chi connectivity index (χ2v) is 8.58. The first-order valence-corrected chi connectivity index (χ1v) is 11.1. The van der Waals surface area contributed by atoms with Crippen LogP contribution in [0, 0.1) is 18.8 Å². The molecule has 33 heavy (non-hydrogen) atoms. The van der Waals surface area contributed by atoms with E-state index in [4.69, 9.17) is 14.2 Å². The van der Waals surface area contributed by atoms with Crippen LogP contribution in [0.25, 0.3) is 0 Å². The first-order chi connectivity index (χ1) is 15.6. The van der Waals surface area contributed by atoms with Crippen molar-refractivity contribution < 1.29 is 28.6 Å². The van der Waals surface area contributed by atoms with Crippen molar-refractivity contribution in [1.29, 1.82) is 0 Å². The average Bonchev–Trinajstić information content (AvgIpc) is 2.78. The molecule has 1 heterocycles. The van der Waals surface area contributed by atoms with E-state index in [2.05, 4.69) is 4.98 Å². The number of nitrogens with zero attached hydrogens (tertiary/aromatic N) is 1. The number of Topliss-reactive ketones (excluding diaryl/α,β-unsaturated/α-hetero) is 1. The van der Waals surface area contributed by atoms with Crippen LogP contribution in [-0.2, 0) is 14.3 Å². The van der Waals surface area contributed by atoms with Gasteiger partial charge in [0.25, 0.3) is 0 Å². The summed E-state index contributed by atoms with van der Waals surface area (Å²) in [6.45, 7) is 10.9. The van der Waals surface area contributed by atoms with E-state index >= 15 is 0 Å². The van der Waals surface area contributed by atoms with Crippen LogP contribution in [0.2, 0.25) is 0 Å². The molecule has 178 valence electrons. The molecule has 7 heteroatoms. The van der Waals surface area contributed by atoms with Gasteiger partial charge in [-0.15, -0.1) is 0 Å². The Morgan fingerprint density at radius 1 is 0.970 bits per heavy atom. The van der Waals surface area contributed by atoms with E-state index in [1.165, 1.54) is 19.4 Å². The molecule has 0 aliphatic carbocycles. The van der Waals surface area contributed by atoms with Crippen LogP contribution < -0.4 is 9.47 Å². The predicted molar refractivity (Wildman–Crippen MR) is 125 cm³/mol. The maximum atomic E-state index is 13.0. The molecule has 0 spiro atoms. The highest BCUT2D eigenvalue weighted by Gasteiger charge is 2.28. The van der Waals surface area contributed by atoms with Gasteiger partial charge in [0.1, 0.15) is 6.10 Å². The number of carbonyl (C=O) groups excluding carboxylic acids is 3. The lowest BCUT2D eigenvalue weighted by Gasteiger charge is -2.23. The highest BCUT2D eigenvalue weighted by atomic mass is 16.6. The number of aryl methyl sites for hydroxylation is 1. The van der Waals surface area contributed by atoms with Crippen LogP contribution >= 0.6 is 0 Å². The molecule has 0 radical (unpaired) electrons. The van der Waals surface area contributed by atoms with Gasteiger partial charge in [0.2, 0.25) is 5.75 Å². The molecule has 0 fully saturated rings. The van der Waals surface area contributed by atoms with E-state index < -0.39 is 29.6 Å². The molecule has 1 aromatic carbocycles. The molecule has 2 rings (SSSR count). The number of carbonyl (C=O) groups is 3. The topological polar surface area (TPSA) is 91.8 Å². The molecule has 2 aromatic rings. The van der Waals surface area contributed by atoms with Crippen LogP contribution in [0.15, 0.2) is 36.5 Å². The molecule has 0 bridgehead atoms. The minimum Gasteiger partial charge on any atom is -0.493 e. The fourth-order valence-corrected chi connectivity index (χ4v) is 3.32. The van der Waals surface area contributed by atoms with Gasteiger partial charge in [-0.2, -0.15) is 0 Å². The van der Waals surface area contributed by atoms with Gasteiger partial charge in [0.05, 0.1) is 18.9 Å². The first-order valence-electron chi connectivity index (χ1n) is 11.1. The van der Waals surface area contributed by atoms with Gasteiger partial charge in [-0.05, 0) is 25.0 Å². The summed E-state index contributed by atoms with van der Waals surface area (Å²) in [6.07, 6.45) is 0.887. The van der Waals surface area contributed by atoms with E-state index in [1.54, 1.807) is 20.8 Å². The molecule has 7 nitrogen and oxygen atoms in total. The van der Waals surface area contributed by atoms with E-state index in [0.717, 1.165) is 11.1 Å². The van der Waals surface area contributed by atoms with Crippen molar-refractivity contribution in [3.8, 4) is 11.5 Å². The van der Waals surface area contributed by atoms with Gasteiger partial charge in [-0.3, -0.25) is 14.4 Å². The number of esters is 2. The van der Waals surface area contributed by atoms with E-state index in [-0.39, 0.29) is 35.6 Å². The Bertz CT molecular complexity index is 1000. The molecule has 0 saturated heterocycles. The third kappa shape index (κ3) is 6.63. The van der Waals surface area contributed by atoms with Crippen LogP contribution in [-0.4, -0.2) is 35.9 Å². The number of hydrogen-bond acceptors (Lipinski definition) is 7. The van der Waals surface area contributed by atoms with E-state index in [1.807, 2.05) is 45.0 Å². The molecule has 0 amide bonds. The molecule has 3 atom stereocenters. The van der Waals surface area contributed by atoms with Gasteiger partial charge >= 0.3 is 11.9 Å². The zero-order valence-corrected chi connectivity index (χ0v) is 20.4. The number of benzene rings is 1. The Morgan fingerprint density at radius 2 is 1.64 bits per heavy atom. The second kappa shape index (κ2) is 11.6. The molecule has 1 aromatic heterocycles. The molecular weight excluding hydrogens is 422 g/mol. The Kier molecular flexibility index (Phi) is 9.14. The summed E-state index contributed by atoms with van der Waals surface area (Å²) in [5.74, 6) is -2.34. The van der Waals surface area contributed by atoms with Crippen molar-refractivity contribution in [2.24, 2.45) is 11.8 Å². The van der Waals surface area contributed by atoms with Gasteiger partial charge < -0.3 is 14.2 Å². The molecule has 0 unspecified atom stereocenters. The Morgan fingerprint density at radius 3 is 2.24 bits per heavy atom. The molecule has 0 aliphatic rings. The Hall–Kier alpha value is -3.22. The molecular formula is C26H33NO6. The summed E-state index contributed by atoms with van der Waals surface area (Å²) in [5.41, 5.74) is 2.19. The average molecular weight is 456 g/mol. The zero-order valence-electron chi connectivity index (χ0n) is 20.4. The van der Waals surface area contributed by atoms with Crippen LogP contribution in [0.5, 0.6) is 11.5 Å². The fourth-order valence-electron chi connectivity index (χ4n) is 3.32. The summed E-state index contributed by atoms with van der Waals surface area (Å²) in [5, 5.41) is 0. The van der Waals surface area contributed by atoms with Crippen molar-refractivity contribution in [2.75, 3.05) is 7.11 Å². The highest BCUT2D eigenvalue weighted by molar-refractivity contribution is 6.00. The van der Waals surface area contributed by atoms with Gasteiger partial charge in [-0.1, -0.05) is 52.0 Å². The van der Waals surface area contributed by atoms with Crippen LogP contribution in [0.1, 0.15) is 68.6 Å². The van der Waals surface area contributed by atoms with Crippen LogP contribution in [0.3, 0.4) is 0 Å². The lowest BCUT2D eigenvalue weighted by molar-refractivity contribution is -0.153. The molecule has 0 N–H and O–H groups in total. The van der Waals surface area contributed by atoms with Gasteiger partial charge in [0, 0.05) is 24.6 Å². The summed E-state index contributed by atoms with van der Waals surface area (Å²) < 4.78 is 16.3. The number of methoxy groups -OCH3 is 1. The number of ketones is 1. The van der Waals surface area contributed by atoms with Crippen molar-refractivity contribution in [2.45, 2.75) is 60.0 Å². The number of hydrogen-bond donors (Lipinski definition) is 0. The maximum Gasteiger partial charge on any atom is 0.313 e. The van der Waals surface area contributed by atoms with Crippen molar-refractivity contribution in [1.82, 2.24) is 4.98 Å². The third-order valence-electron chi connectivity index (χ3n) is 5.61.